The largest absolute Gasteiger partial charge is 0.329 e. The van der Waals surface area contributed by atoms with E-state index in [0.29, 0.717) is 12.6 Å². The number of aryl methyl sites for hydroxylation is 1. The van der Waals surface area contributed by atoms with E-state index in [-0.39, 0.29) is 0 Å². The van der Waals surface area contributed by atoms with Gasteiger partial charge in [0.1, 0.15) is 0 Å². The highest BCUT2D eigenvalue weighted by Crippen LogP contribution is 2.17. The van der Waals surface area contributed by atoms with E-state index in [4.69, 9.17) is 5.73 Å². The Labute approximate surface area is 92.1 Å². The zero-order chi connectivity index (χ0) is 11.3. The molecule has 1 rings (SSSR count). The molecule has 1 unspecified atom stereocenters. The van der Waals surface area contributed by atoms with E-state index in [1.54, 1.807) is 0 Å². The average molecular weight is 210 g/mol. The van der Waals surface area contributed by atoms with Gasteiger partial charge in [-0.3, -0.25) is 9.58 Å². The third-order valence-corrected chi connectivity index (χ3v) is 2.69. The monoisotopic (exact) mass is 210 g/mol. The minimum atomic E-state index is 0.297. The van der Waals surface area contributed by atoms with Gasteiger partial charge in [-0.25, -0.2) is 0 Å². The molecule has 0 spiro atoms. The summed E-state index contributed by atoms with van der Waals surface area (Å²) >= 11 is 0. The van der Waals surface area contributed by atoms with Crippen LogP contribution in [0.3, 0.4) is 0 Å². The van der Waals surface area contributed by atoms with Crippen LogP contribution < -0.4 is 5.73 Å². The van der Waals surface area contributed by atoms with Crippen LogP contribution in [0.5, 0.6) is 0 Å². The van der Waals surface area contributed by atoms with Crippen LogP contribution >= 0.6 is 0 Å². The van der Waals surface area contributed by atoms with E-state index in [1.165, 1.54) is 5.56 Å². The van der Waals surface area contributed by atoms with Crippen LogP contribution in [0, 0.1) is 0 Å². The van der Waals surface area contributed by atoms with Crippen molar-refractivity contribution < 1.29 is 0 Å². The van der Waals surface area contributed by atoms with Crippen molar-refractivity contribution in [3.8, 4) is 0 Å². The van der Waals surface area contributed by atoms with Crippen molar-refractivity contribution in [2.24, 2.45) is 5.73 Å². The van der Waals surface area contributed by atoms with E-state index in [0.717, 1.165) is 19.5 Å². The average Bonchev–Trinajstić information content (AvgIpc) is 2.68. The molecule has 1 heterocycles. The lowest BCUT2D eigenvalue weighted by Gasteiger charge is -2.25. The highest BCUT2D eigenvalue weighted by atomic mass is 15.3. The van der Waals surface area contributed by atoms with Gasteiger partial charge in [0.2, 0.25) is 0 Å². The smallest absolute Gasteiger partial charge is 0.0538 e. The van der Waals surface area contributed by atoms with Crippen molar-refractivity contribution in [1.82, 2.24) is 14.7 Å². The van der Waals surface area contributed by atoms with Gasteiger partial charge in [-0.2, -0.15) is 5.10 Å². The van der Waals surface area contributed by atoms with Crippen LogP contribution in [0.15, 0.2) is 12.4 Å². The van der Waals surface area contributed by atoms with E-state index in [2.05, 4.69) is 37.1 Å². The Morgan fingerprint density at radius 1 is 1.53 bits per heavy atom. The van der Waals surface area contributed by atoms with Gasteiger partial charge < -0.3 is 5.73 Å². The molecule has 86 valence electrons. The molecule has 0 radical (unpaired) electrons. The molecule has 0 bridgehead atoms. The SMILES string of the molecule is CCCN(C)C(CN)c1cnn(CC)c1. The highest BCUT2D eigenvalue weighted by molar-refractivity contribution is 5.11. The molecule has 0 fully saturated rings. The molecule has 0 saturated heterocycles. The van der Waals surface area contributed by atoms with Crippen molar-refractivity contribution in [1.29, 1.82) is 0 Å². The van der Waals surface area contributed by atoms with Crippen LogP contribution in [-0.2, 0) is 6.54 Å². The molecule has 1 atom stereocenters. The Bertz CT molecular complexity index is 282. The quantitative estimate of drug-likeness (QED) is 0.768. The Kier molecular flexibility index (Phi) is 4.78. The van der Waals surface area contributed by atoms with Crippen molar-refractivity contribution in [3.05, 3.63) is 18.0 Å². The third-order valence-electron chi connectivity index (χ3n) is 2.69. The van der Waals surface area contributed by atoms with Gasteiger partial charge >= 0.3 is 0 Å². The van der Waals surface area contributed by atoms with Gasteiger partial charge in [0.15, 0.2) is 0 Å². The second kappa shape index (κ2) is 5.88. The number of likely N-dealkylation sites (N-methyl/N-ethyl adjacent to an activating group) is 1. The van der Waals surface area contributed by atoms with Gasteiger partial charge in [-0.1, -0.05) is 6.92 Å². The molecule has 4 nitrogen and oxygen atoms in total. The molecule has 0 aliphatic rings. The fraction of sp³-hybridized carbons (Fsp3) is 0.727. The van der Waals surface area contributed by atoms with E-state index in [9.17, 15) is 0 Å². The summed E-state index contributed by atoms with van der Waals surface area (Å²) in [5, 5.41) is 4.28. The lowest BCUT2D eigenvalue weighted by Crippen LogP contribution is -2.30. The van der Waals surface area contributed by atoms with Crippen LogP contribution in [0.4, 0.5) is 0 Å². The molecule has 2 N–H and O–H groups in total. The molecule has 0 aliphatic heterocycles. The standard InChI is InChI=1S/C11H22N4/c1-4-6-14(3)11(7-12)10-8-13-15(5-2)9-10/h8-9,11H,4-7,12H2,1-3H3. The fourth-order valence-electron chi connectivity index (χ4n) is 1.80. The number of nitrogens with zero attached hydrogens (tertiary/aromatic N) is 3. The zero-order valence-electron chi connectivity index (χ0n) is 9.98. The van der Waals surface area contributed by atoms with E-state index >= 15 is 0 Å². The third kappa shape index (κ3) is 3.04. The Morgan fingerprint density at radius 2 is 2.27 bits per heavy atom. The normalized spacial score (nSPS) is 13.4. The summed E-state index contributed by atoms with van der Waals surface area (Å²) in [5.74, 6) is 0. The fourth-order valence-corrected chi connectivity index (χ4v) is 1.80. The maximum Gasteiger partial charge on any atom is 0.0538 e. The van der Waals surface area contributed by atoms with Crippen molar-refractivity contribution in [2.45, 2.75) is 32.9 Å². The molecular weight excluding hydrogens is 188 g/mol. The first-order chi connectivity index (χ1) is 7.22. The second-order valence-corrected chi connectivity index (χ2v) is 3.86. The zero-order valence-corrected chi connectivity index (χ0v) is 9.98. The Hall–Kier alpha value is -0.870. The Balaban J connectivity index is 2.72. The summed E-state index contributed by atoms with van der Waals surface area (Å²) in [6.07, 6.45) is 5.16. The first-order valence-corrected chi connectivity index (χ1v) is 5.65. The van der Waals surface area contributed by atoms with Crippen molar-refractivity contribution in [2.75, 3.05) is 20.1 Å². The van der Waals surface area contributed by atoms with Gasteiger partial charge in [0.05, 0.1) is 6.20 Å². The van der Waals surface area contributed by atoms with Crippen LogP contribution in [0.25, 0.3) is 0 Å². The van der Waals surface area contributed by atoms with Crippen LogP contribution in [0.2, 0.25) is 0 Å². The number of hydrogen-bond acceptors (Lipinski definition) is 3. The van der Waals surface area contributed by atoms with E-state index in [1.807, 2.05) is 10.9 Å². The Morgan fingerprint density at radius 3 is 2.73 bits per heavy atom. The molecule has 1 aromatic heterocycles. The lowest BCUT2D eigenvalue weighted by atomic mass is 10.1. The maximum absolute atomic E-state index is 5.81. The first-order valence-electron chi connectivity index (χ1n) is 5.65. The van der Waals surface area contributed by atoms with Crippen LogP contribution in [0.1, 0.15) is 31.9 Å². The predicted molar refractivity (Wildman–Crippen MR) is 62.6 cm³/mol. The van der Waals surface area contributed by atoms with Gasteiger partial charge in [0.25, 0.3) is 0 Å². The molecule has 0 amide bonds. The number of hydrogen-bond donors (Lipinski definition) is 1. The summed E-state index contributed by atoms with van der Waals surface area (Å²) in [5.41, 5.74) is 7.03. The summed E-state index contributed by atoms with van der Waals surface area (Å²) in [7, 11) is 2.12. The van der Waals surface area contributed by atoms with E-state index < -0.39 is 0 Å². The number of aromatic nitrogens is 2. The first kappa shape index (κ1) is 12.2. The molecule has 0 aromatic carbocycles. The number of nitrogens with two attached hydrogens (primary N) is 1. The lowest BCUT2D eigenvalue weighted by molar-refractivity contribution is 0.250. The second-order valence-electron chi connectivity index (χ2n) is 3.86. The minimum absolute atomic E-state index is 0.297. The molecule has 15 heavy (non-hydrogen) atoms. The summed E-state index contributed by atoms with van der Waals surface area (Å²) in [6.45, 7) is 6.89. The molecule has 1 aromatic rings. The minimum Gasteiger partial charge on any atom is -0.329 e. The van der Waals surface area contributed by atoms with Crippen molar-refractivity contribution >= 4 is 0 Å². The summed E-state index contributed by atoms with van der Waals surface area (Å²) in [4.78, 5) is 2.29. The topological polar surface area (TPSA) is 47.1 Å². The molecule has 0 saturated carbocycles. The maximum atomic E-state index is 5.81. The molecular formula is C11H22N4. The van der Waals surface area contributed by atoms with Gasteiger partial charge in [-0.05, 0) is 26.9 Å². The number of rotatable bonds is 6. The predicted octanol–water partition coefficient (Wildman–Crippen LogP) is 1.24. The van der Waals surface area contributed by atoms with Crippen molar-refractivity contribution in [3.63, 3.8) is 0 Å². The van der Waals surface area contributed by atoms with Gasteiger partial charge in [0, 0.05) is 30.9 Å². The highest BCUT2D eigenvalue weighted by Gasteiger charge is 2.15. The molecule has 0 aliphatic carbocycles. The molecule has 4 heteroatoms. The van der Waals surface area contributed by atoms with Crippen LogP contribution in [-0.4, -0.2) is 34.8 Å². The van der Waals surface area contributed by atoms with Gasteiger partial charge in [-0.15, -0.1) is 0 Å². The summed E-state index contributed by atoms with van der Waals surface area (Å²) < 4.78 is 1.94. The summed E-state index contributed by atoms with van der Waals surface area (Å²) in [6, 6.07) is 0.297.